The lowest BCUT2D eigenvalue weighted by molar-refractivity contribution is -0.144. The third kappa shape index (κ3) is 2.33. The number of methoxy groups -OCH3 is 1. The number of likely N-dealkylation sites (N-methyl/N-ethyl adjacent to an activating group) is 1. The summed E-state index contributed by atoms with van der Waals surface area (Å²) in [7, 11) is 3.58. The van der Waals surface area contributed by atoms with Crippen molar-refractivity contribution in [3.05, 3.63) is 0 Å². The van der Waals surface area contributed by atoms with E-state index in [1.807, 2.05) is 11.9 Å². The van der Waals surface area contributed by atoms with Gasteiger partial charge in [0.15, 0.2) is 0 Å². The number of nitrogens with zero attached hydrogens (tertiary/aromatic N) is 1. The number of fused-ring (bicyclic) bond motifs is 1. The lowest BCUT2D eigenvalue weighted by Gasteiger charge is -2.39. The molecule has 1 N–H and O–H groups in total. The van der Waals surface area contributed by atoms with Crippen LogP contribution in [0.3, 0.4) is 0 Å². The van der Waals surface area contributed by atoms with Gasteiger partial charge in [0.1, 0.15) is 0 Å². The second kappa shape index (κ2) is 5.36. The molecule has 1 saturated carbocycles. The van der Waals surface area contributed by atoms with Crippen molar-refractivity contribution in [2.75, 3.05) is 40.4 Å². The molecule has 4 nitrogen and oxygen atoms in total. The molecule has 0 aromatic carbocycles. The highest BCUT2D eigenvalue weighted by molar-refractivity contribution is 5.83. The Bertz CT molecular complexity index is 283. The maximum absolute atomic E-state index is 12.6. The molecule has 2 fully saturated rings. The minimum Gasteiger partial charge on any atom is -0.383 e. The van der Waals surface area contributed by atoms with E-state index in [1.54, 1.807) is 7.11 Å². The van der Waals surface area contributed by atoms with Gasteiger partial charge in [-0.3, -0.25) is 4.79 Å². The Hall–Kier alpha value is -0.610. The molecule has 1 aliphatic heterocycles. The fourth-order valence-corrected chi connectivity index (χ4v) is 3.38. The molecule has 2 aliphatic rings. The largest absolute Gasteiger partial charge is 0.383 e. The lowest BCUT2D eigenvalue weighted by Crippen LogP contribution is -2.49. The summed E-state index contributed by atoms with van der Waals surface area (Å²) in [5, 5.41) is 3.42. The standard InChI is InChI=1S/C13H24N2O2/c1-15(7-8-17-2)12(16)13-6-4-3-5-11(13)9-14-10-13/h11,14H,3-10H2,1-2H3/t11-,13+/m0/s1. The van der Waals surface area contributed by atoms with Crippen molar-refractivity contribution >= 4 is 5.91 Å². The maximum Gasteiger partial charge on any atom is 0.230 e. The van der Waals surface area contributed by atoms with Crippen LogP contribution in [0.4, 0.5) is 0 Å². The number of amides is 1. The topological polar surface area (TPSA) is 41.6 Å². The van der Waals surface area contributed by atoms with Crippen LogP contribution in [0.1, 0.15) is 25.7 Å². The Morgan fingerprint density at radius 2 is 2.35 bits per heavy atom. The highest BCUT2D eigenvalue weighted by Crippen LogP contribution is 2.44. The molecule has 2 rings (SSSR count). The third-order valence-electron chi connectivity index (χ3n) is 4.44. The number of nitrogens with one attached hydrogen (secondary N) is 1. The van der Waals surface area contributed by atoms with Gasteiger partial charge in [-0.05, 0) is 25.3 Å². The van der Waals surface area contributed by atoms with Gasteiger partial charge in [0.25, 0.3) is 0 Å². The van der Waals surface area contributed by atoms with Crippen LogP contribution in [-0.2, 0) is 9.53 Å². The quantitative estimate of drug-likeness (QED) is 0.793. The Balaban J connectivity index is 2.05. The minimum absolute atomic E-state index is 0.110. The zero-order valence-electron chi connectivity index (χ0n) is 11.0. The van der Waals surface area contributed by atoms with E-state index in [9.17, 15) is 4.79 Å². The van der Waals surface area contributed by atoms with Crippen LogP contribution in [0.25, 0.3) is 0 Å². The summed E-state index contributed by atoms with van der Waals surface area (Å²) in [6, 6.07) is 0. The average Bonchev–Trinajstić information content (AvgIpc) is 2.79. The van der Waals surface area contributed by atoms with E-state index in [4.69, 9.17) is 4.74 Å². The molecule has 2 atom stereocenters. The van der Waals surface area contributed by atoms with Gasteiger partial charge in [0, 0.05) is 27.2 Å². The zero-order chi connectivity index (χ0) is 12.3. The van der Waals surface area contributed by atoms with E-state index in [0.717, 1.165) is 19.5 Å². The van der Waals surface area contributed by atoms with Crippen molar-refractivity contribution in [3.8, 4) is 0 Å². The molecule has 0 radical (unpaired) electrons. The number of hydrogen-bond acceptors (Lipinski definition) is 3. The first-order valence-corrected chi connectivity index (χ1v) is 6.66. The van der Waals surface area contributed by atoms with Gasteiger partial charge in [0.05, 0.1) is 12.0 Å². The Kier molecular flexibility index (Phi) is 4.05. The van der Waals surface area contributed by atoms with Crippen molar-refractivity contribution in [2.24, 2.45) is 11.3 Å². The van der Waals surface area contributed by atoms with Crippen molar-refractivity contribution in [1.29, 1.82) is 0 Å². The minimum atomic E-state index is -0.110. The predicted octanol–water partition coefficient (Wildman–Crippen LogP) is 0.871. The van der Waals surface area contributed by atoms with E-state index in [2.05, 4.69) is 5.32 Å². The summed E-state index contributed by atoms with van der Waals surface area (Å²) < 4.78 is 5.05. The van der Waals surface area contributed by atoms with Gasteiger partial charge in [-0.2, -0.15) is 0 Å². The van der Waals surface area contributed by atoms with Crippen molar-refractivity contribution in [1.82, 2.24) is 10.2 Å². The van der Waals surface area contributed by atoms with E-state index in [1.165, 1.54) is 19.3 Å². The van der Waals surface area contributed by atoms with Gasteiger partial charge in [-0.1, -0.05) is 12.8 Å². The summed E-state index contributed by atoms with van der Waals surface area (Å²) in [6.07, 6.45) is 4.74. The van der Waals surface area contributed by atoms with Crippen LogP contribution >= 0.6 is 0 Å². The van der Waals surface area contributed by atoms with Gasteiger partial charge in [-0.25, -0.2) is 0 Å². The summed E-state index contributed by atoms with van der Waals surface area (Å²) in [5.41, 5.74) is -0.110. The molecule has 0 spiro atoms. The molecule has 1 heterocycles. The summed E-state index contributed by atoms with van der Waals surface area (Å²) >= 11 is 0. The molecule has 4 heteroatoms. The highest BCUT2D eigenvalue weighted by atomic mass is 16.5. The molecule has 0 unspecified atom stereocenters. The van der Waals surface area contributed by atoms with Crippen molar-refractivity contribution in [2.45, 2.75) is 25.7 Å². The van der Waals surface area contributed by atoms with Crippen LogP contribution in [-0.4, -0.2) is 51.2 Å². The molecule has 0 aromatic rings. The fourth-order valence-electron chi connectivity index (χ4n) is 3.38. The first-order valence-electron chi connectivity index (χ1n) is 6.66. The summed E-state index contributed by atoms with van der Waals surface area (Å²) in [5.74, 6) is 0.873. The second-order valence-electron chi connectivity index (χ2n) is 5.45. The Morgan fingerprint density at radius 1 is 1.53 bits per heavy atom. The smallest absolute Gasteiger partial charge is 0.230 e. The normalized spacial score (nSPS) is 32.2. The number of carbonyl (C=O) groups is 1. The van der Waals surface area contributed by atoms with Crippen LogP contribution in [0.5, 0.6) is 0 Å². The second-order valence-corrected chi connectivity index (χ2v) is 5.45. The first-order chi connectivity index (χ1) is 8.20. The van der Waals surface area contributed by atoms with Gasteiger partial charge < -0.3 is 15.0 Å². The van der Waals surface area contributed by atoms with Crippen LogP contribution < -0.4 is 5.32 Å². The van der Waals surface area contributed by atoms with Crippen molar-refractivity contribution < 1.29 is 9.53 Å². The Morgan fingerprint density at radius 3 is 3.12 bits per heavy atom. The third-order valence-corrected chi connectivity index (χ3v) is 4.44. The molecule has 0 bridgehead atoms. The maximum atomic E-state index is 12.6. The highest BCUT2D eigenvalue weighted by Gasteiger charge is 2.50. The van der Waals surface area contributed by atoms with E-state index < -0.39 is 0 Å². The zero-order valence-corrected chi connectivity index (χ0v) is 11.0. The number of carbonyl (C=O) groups excluding carboxylic acids is 1. The molecule has 17 heavy (non-hydrogen) atoms. The summed E-state index contributed by atoms with van der Waals surface area (Å²) in [4.78, 5) is 14.5. The van der Waals surface area contributed by atoms with Crippen molar-refractivity contribution in [3.63, 3.8) is 0 Å². The fraction of sp³-hybridized carbons (Fsp3) is 0.923. The number of ether oxygens (including phenoxy) is 1. The van der Waals surface area contributed by atoms with Gasteiger partial charge in [-0.15, -0.1) is 0 Å². The van der Waals surface area contributed by atoms with Crippen LogP contribution in [0.15, 0.2) is 0 Å². The van der Waals surface area contributed by atoms with Crippen LogP contribution in [0, 0.1) is 11.3 Å². The molecule has 1 amide bonds. The molecule has 0 aromatic heterocycles. The predicted molar refractivity (Wildman–Crippen MR) is 66.8 cm³/mol. The summed E-state index contributed by atoms with van der Waals surface area (Å²) in [6.45, 7) is 3.21. The molecular formula is C13H24N2O2. The molecule has 1 saturated heterocycles. The van der Waals surface area contributed by atoms with Gasteiger partial charge >= 0.3 is 0 Å². The van der Waals surface area contributed by atoms with E-state index >= 15 is 0 Å². The molecule has 98 valence electrons. The SMILES string of the molecule is COCCN(C)C(=O)[C@@]12CCCC[C@H]1CNC2. The van der Waals surface area contributed by atoms with Gasteiger partial charge in [0.2, 0.25) is 5.91 Å². The van der Waals surface area contributed by atoms with E-state index in [0.29, 0.717) is 25.0 Å². The van der Waals surface area contributed by atoms with Crippen LogP contribution in [0.2, 0.25) is 0 Å². The average molecular weight is 240 g/mol. The number of rotatable bonds is 4. The molecule has 1 aliphatic carbocycles. The molecular weight excluding hydrogens is 216 g/mol. The number of hydrogen-bond donors (Lipinski definition) is 1. The Labute approximate surface area is 104 Å². The van der Waals surface area contributed by atoms with E-state index in [-0.39, 0.29) is 5.41 Å². The lowest BCUT2D eigenvalue weighted by atomic mass is 9.67. The monoisotopic (exact) mass is 240 g/mol. The first kappa shape index (κ1) is 12.8.